The van der Waals surface area contributed by atoms with Crippen molar-refractivity contribution in [2.45, 2.75) is 16.5 Å². The van der Waals surface area contributed by atoms with Crippen molar-refractivity contribution in [1.29, 1.82) is 0 Å². The molecule has 0 spiro atoms. The summed E-state index contributed by atoms with van der Waals surface area (Å²) in [5, 5.41) is 21.3. The predicted octanol–water partition coefficient (Wildman–Crippen LogP) is 3.81. The van der Waals surface area contributed by atoms with E-state index in [1.165, 1.54) is 35.2 Å². The minimum absolute atomic E-state index is 0.147. The molecule has 1 atom stereocenters. The average molecular weight is 401 g/mol. The van der Waals surface area contributed by atoms with Gasteiger partial charge in [-0.15, -0.1) is 10.2 Å². The lowest BCUT2D eigenvalue weighted by atomic mass is 10.1. The number of benzene rings is 2. The van der Waals surface area contributed by atoms with E-state index in [1.54, 1.807) is 13.0 Å². The SMILES string of the molecule is Cc1ccc(NC(=O)[C@@H](Sc2nnc(N)s2)c2ccccc2)c([N+](=O)[O-])c1. The molecule has 8 nitrogen and oxygen atoms in total. The number of nitrogens with one attached hydrogen (secondary N) is 1. The van der Waals surface area contributed by atoms with Gasteiger partial charge in [-0.3, -0.25) is 14.9 Å². The van der Waals surface area contributed by atoms with Crippen molar-refractivity contribution in [2.24, 2.45) is 0 Å². The maximum absolute atomic E-state index is 13.0. The number of nitro benzene ring substituents is 1. The molecule has 1 aromatic heterocycles. The number of thioether (sulfide) groups is 1. The number of carbonyl (C=O) groups excluding carboxylic acids is 1. The van der Waals surface area contributed by atoms with Gasteiger partial charge < -0.3 is 11.1 Å². The summed E-state index contributed by atoms with van der Waals surface area (Å²) in [5.74, 6) is -0.396. The van der Waals surface area contributed by atoms with Gasteiger partial charge in [0, 0.05) is 6.07 Å². The number of rotatable bonds is 6. The number of aromatic nitrogens is 2. The van der Waals surface area contributed by atoms with Gasteiger partial charge in [0.1, 0.15) is 10.9 Å². The normalized spacial score (nSPS) is 11.7. The van der Waals surface area contributed by atoms with Crippen molar-refractivity contribution in [3.8, 4) is 0 Å². The molecule has 3 aromatic rings. The van der Waals surface area contributed by atoms with Crippen LogP contribution in [-0.2, 0) is 4.79 Å². The summed E-state index contributed by atoms with van der Waals surface area (Å²) in [5.41, 5.74) is 7.08. The van der Waals surface area contributed by atoms with E-state index >= 15 is 0 Å². The van der Waals surface area contributed by atoms with Crippen LogP contribution in [0.4, 0.5) is 16.5 Å². The molecule has 0 saturated heterocycles. The quantitative estimate of drug-likeness (QED) is 0.365. The molecule has 2 aromatic carbocycles. The second-order valence-electron chi connectivity index (χ2n) is 5.58. The number of carbonyl (C=O) groups is 1. The first-order chi connectivity index (χ1) is 12.9. The number of hydrogen-bond donors (Lipinski definition) is 2. The molecule has 138 valence electrons. The fourth-order valence-electron chi connectivity index (χ4n) is 2.37. The van der Waals surface area contributed by atoms with Crippen molar-refractivity contribution in [3.63, 3.8) is 0 Å². The molecule has 0 bridgehead atoms. The highest BCUT2D eigenvalue weighted by atomic mass is 32.2. The molecule has 0 aliphatic rings. The highest BCUT2D eigenvalue weighted by Crippen LogP contribution is 2.38. The van der Waals surface area contributed by atoms with Crippen LogP contribution in [0.5, 0.6) is 0 Å². The van der Waals surface area contributed by atoms with Crippen LogP contribution in [0.1, 0.15) is 16.4 Å². The van der Waals surface area contributed by atoms with Gasteiger partial charge in [0.2, 0.25) is 11.0 Å². The molecule has 0 aliphatic carbocycles. The lowest BCUT2D eigenvalue weighted by molar-refractivity contribution is -0.384. The third kappa shape index (κ3) is 4.60. The highest BCUT2D eigenvalue weighted by Gasteiger charge is 2.26. The van der Waals surface area contributed by atoms with Crippen LogP contribution in [0, 0.1) is 17.0 Å². The minimum atomic E-state index is -0.667. The van der Waals surface area contributed by atoms with Crippen LogP contribution < -0.4 is 11.1 Å². The molecule has 0 aliphatic heterocycles. The summed E-state index contributed by atoms with van der Waals surface area (Å²) in [7, 11) is 0. The van der Waals surface area contributed by atoms with E-state index in [0.29, 0.717) is 9.47 Å². The van der Waals surface area contributed by atoms with Crippen molar-refractivity contribution in [2.75, 3.05) is 11.1 Å². The molecular formula is C17H15N5O3S2. The van der Waals surface area contributed by atoms with Gasteiger partial charge >= 0.3 is 0 Å². The number of nitro groups is 1. The van der Waals surface area contributed by atoms with E-state index < -0.39 is 16.1 Å². The fraction of sp³-hybridized carbons (Fsp3) is 0.118. The number of hydrogen-bond acceptors (Lipinski definition) is 8. The number of nitrogen functional groups attached to an aromatic ring is 1. The molecule has 0 fully saturated rings. The molecular weight excluding hydrogens is 386 g/mol. The van der Waals surface area contributed by atoms with E-state index in [9.17, 15) is 14.9 Å². The van der Waals surface area contributed by atoms with Crippen molar-refractivity contribution in [3.05, 3.63) is 69.8 Å². The van der Waals surface area contributed by atoms with E-state index in [1.807, 2.05) is 30.3 Å². The highest BCUT2D eigenvalue weighted by molar-refractivity contribution is 8.02. The number of amides is 1. The summed E-state index contributed by atoms with van der Waals surface area (Å²) >= 11 is 2.37. The Morgan fingerprint density at radius 1 is 1.26 bits per heavy atom. The van der Waals surface area contributed by atoms with Crippen molar-refractivity contribution in [1.82, 2.24) is 10.2 Å². The third-order valence-electron chi connectivity index (χ3n) is 3.59. The first-order valence-corrected chi connectivity index (χ1v) is 9.50. The van der Waals surface area contributed by atoms with Crippen LogP contribution in [-0.4, -0.2) is 21.0 Å². The monoisotopic (exact) mass is 401 g/mol. The topological polar surface area (TPSA) is 124 Å². The first kappa shape index (κ1) is 18.8. The standard InChI is InChI=1S/C17H15N5O3S2/c1-10-7-8-12(13(9-10)22(24)25)19-15(23)14(11-5-3-2-4-6-11)26-17-21-20-16(18)27-17/h2-9,14H,1H3,(H2,18,20)(H,19,23)/t14-/m0/s1. The Balaban J connectivity index is 1.91. The van der Waals surface area contributed by atoms with Crippen molar-refractivity contribution < 1.29 is 9.72 Å². The molecule has 10 heteroatoms. The molecule has 0 saturated carbocycles. The van der Waals surface area contributed by atoms with Gasteiger partial charge in [0.25, 0.3) is 5.69 Å². The van der Waals surface area contributed by atoms with Gasteiger partial charge in [-0.1, -0.05) is 59.5 Å². The van der Waals surface area contributed by atoms with Crippen LogP contribution >= 0.6 is 23.1 Å². The van der Waals surface area contributed by atoms with Gasteiger partial charge in [-0.2, -0.15) is 0 Å². The Labute approximate surface area is 163 Å². The van der Waals surface area contributed by atoms with Crippen LogP contribution in [0.25, 0.3) is 0 Å². The minimum Gasteiger partial charge on any atom is -0.374 e. The Morgan fingerprint density at radius 2 is 2.00 bits per heavy atom. The largest absolute Gasteiger partial charge is 0.374 e. The molecule has 3 rings (SSSR count). The number of nitrogens with zero attached hydrogens (tertiary/aromatic N) is 3. The van der Waals surface area contributed by atoms with E-state index in [4.69, 9.17) is 5.73 Å². The molecule has 1 amide bonds. The lowest BCUT2D eigenvalue weighted by Crippen LogP contribution is -2.19. The Bertz CT molecular complexity index is 978. The zero-order chi connectivity index (χ0) is 19.4. The molecule has 0 unspecified atom stereocenters. The van der Waals surface area contributed by atoms with Gasteiger partial charge in [0.05, 0.1) is 4.92 Å². The fourth-order valence-corrected chi connectivity index (χ4v) is 4.19. The number of aryl methyl sites for hydroxylation is 1. The summed E-state index contributed by atoms with van der Waals surface area (Å²) in [6.45, 7) is 1.75. The molecule has 1 heterocycles. The second-order valence-corrected chi connectivity index (χ2v) is 7.94. The molecule has 27 heavy (non-hydrogen) atoms. The predicted molar refractivity (Wildman–Crippen MR) is 106 cm³/mol. The Hall–Kier alpha value is -2.98. The summed E-state index contributed by atoms with van der Waals surface area (Å²) < 4.78 is 0.537. The summed E-state index contributed by atoms with van der Waals surface area (Å²) in [6, 6.07) is 13.8. The second kappa shape index (κ2) is 8.14. The average Bonchev–Trinajstić information content (AvgIpc) is 3.06. The molecule has 0 radical (unpaired) electrons. The Morgan fingerprint density at radius 3 is 2.63 bits per heavy atom. The lowest BCUT2D eigenvalue weighted by Gasteiger charge is -2.15. The zero-order valence-corrected chi connectivity index (χ0v) is 15.8. The third-order valence-corrected chi connectivity index (χ3v) is 5.68. The summed E-state index contributed by atoms with van der Waals surface area (Å²) in [4.78, 5) is 23.7. The number of anilines is 2. The van der Waals surface area contributed by atoms with Crippen LogP contribution in [0.3, 0.4) is 0 Å². The smallest absolute Gasteiger partial charge is 0.293 e. The van der Waals surface area contributed by atoms with E-state index in [2.05, 4.69) is 15.5 Å². The maximum atomic E-state index is 13.0. The Kier molecular flexibility index (Phi) is 5.67. The first-order valence-electron chi connectivity index (χ1n) is 7.80. The van der Waals surface area contributed by atoms with Gasteiger partial charge in [0.15, 0.2) is 4.34 Å². The molecule has 3 N–H and O–H groups in total. The van der Waals surface area contributed by atoms with Gasteiger partial charge in [-0.25, -0.2) is 0 Å². The van der Waals surface area contributed by atoms with Crippen molar-refractivity contribution >= 4 is 45.5 Å². The van der Waals surface area contributed by atoms with Gasteiger partial charge in [-0.05, 0) is 24.1 Å². The summed E-state index contributed by atoms with van der Waals surface area (Å²) in [6.07, 6.45) is 0. The van der Waals surface area contributed by atoms with Crippen LogP contribution in [0.2, 0.25) is 0 Å². The number of nitrogens with two attached hydrogens (primary N) is 1. The maximum Gasteiger partial charge on any atom is 0.293 e. The van der Waals surface area contributed by atoms with Crippen LogP contribution in [0.15, 0.2) is 52.9 Å². The van der Waals surface area contributed by atoms with E-state index in [-0.39, 0.29) is 11.4 Å². The zero-order valence-electron chi connectivity index (χ0n) is 14.2. The van der Waals surface area contributed by atoms with E-state index in [0.717, 1.165) is 11.1 Å².